The summed E-state index contributed by atoms with van der Waals surface area (Å²) in [5, 5.41) is 0. The zero-order chi connectivity index (χ0) is 18.7. The highest BCUT2D eigenvalue weighted by molar-refractivity contribution is 5.79. The fraction of sp³-hybridized carbons (Fsp3) is 0.632. The van der Waals surface area contributed by atoms with Gasteiger partial charge in [-0.25, -0.2) is 0 Å². The number of amides is 2. The maximum atomic E-state index is 12.5. The number of rotatable bonds is 6. The van der Waals surface area contributed by atoms with Gasteiger partial charge in [0.1, 0.15) is 6.54 Å². The molecule has 2 fully saturated rings. The highest BCUT2D eigenvalue weighted by Crippen LogP contribution is 2.29. The molecule has 0 unspecified atom stereocenters. The molecule has 0 spiro atoms. The molecule has 1 saturated carbocycles. The van der Waals surface area contributed by atoms with Crippen LogP contribution in [0.4, 0.5) is 0 Å². The van der Waals surface area contributed by atoms with Gasteiger partial charge in [0.05, 0.1) is 7.11 Å². The lowest BCUT2D eigenvalue weighted by Crippen LogP contribution is -2.38. The number of hydrogen-bond acceptors (Lipinski definition) is 4. The van der Waals surface area contributed by atoms with Crippen LogP contribution >= 0.6 is 0 Å². The molecular formula is C19H27N3O4. The molecule has 0 radical (unpaired) electrons. The van der Waals surface area contributed by atoms with Crippen LogP contribution in [0.15, 0.2) is 23.1 Å². The van der Waals surface area contributed by atoms with Crippen molar-refractivity contribution in [2.45, 2.75) is 44.7 Å². The molecule has 1 aliphatic heterocycles. The fourth-order valence-electron chi connectivity index (χ4n) is 4.05. The van der Waals surface area contributed by atoms with Gasteiger partial charge in [0.25, 0.3) is 5.56 Å². The molecule has 3 rings (SSSR count). The maximum Gasteiger partial charge on any atom is 0.293 e. The predicted molar refractivity (Wildman–Crippen MR) is 97.0 cm³/mol. The second-order valence-electron chi connectivity index (χ2n) is 7.34. The van der Waals surface area contributed by atoms with Gasteiger partial charge in [-0.1, -0.05) is 12.8 Å². The van der Waals surface area contributed by atoms with Gasteiger partial charge in [-0.05, 0) is 25.0 Å². The van der Waals surface area contributed by atoms with E-state index in [2.05, 4.69) is 0 Å². The maximum absolute atomic E-state index is 12.5. The number of methoxy groups -OCH3 is 1. The summed E-state index contributed by atoms with van der Waals surface area (Å²) in [6, 6.07) is 3.65. The Morgan fingerprint density at radius 3 is 2.73 bits per heavy atom. The SMILES string of the molecule is COc1cccn(CC(=O)N(C)C[C@@H]2CC(=O)N(C3CCCC3)C2)c1=O. The van der Waals surface area contributed by atoms with Gasteiger partial charge in [0.15, 0.2) is 5.75 Å². The van der Waals surface area contributed by atoms with Crippen molar-refractivity contribution in [1.29, 1.82) is 0 Å². The van der Waals surface area contributed by atoms with E-state index in [1.165, 1.54) is 24.5 Å². The van der Waals surface area contributed by atoms with E-state index in [-0.39, 0.29) is 35.6 Å². The molecule has 1 aliphatic carbocycles. The minimum Gasteiger partial charge on any atom is -0.491 e. The zero-order valence-corrected chi connectivity index (χ0v) is 15.5. The Kier molecular flexibility index (Phi) is 5.64. The standard InChI is InChI=1S/C19H27N3O4/c1-20(18(24)13-21-9-5-8-16(26-2)19(21)25)11-14-10-17(23)22(12-14)15-6-3-4-7-15/h5,8-9,14-15H,3-4,6-7,10-13H2,1-2H3/t14-/m0/s1. The molecule has 1 atom stereocenters. The topological polar surface area (TPSA) is 71.8 Å². The van der Waals surface area contributed by atoms with Gasteiger partial charge in [-0.3, -0.25) is 14.4 Å². The molecule has 2 aliphatic rings. The number of likely N-dealkylation sites (N-methyl/N-ethyl adjacent to an activating group) is 1. The summed E-state index contributed by atoms with van der Waals surface area (Å²) >= 11 is 0. The van der Waals surface area contributed by atoms with Gasteiger partial charge in [-0.2, -0.15) is 0 Å². The highest BCUT2D eigenvalue weighted by atomic mass is 16.5. The molecule has 1 aromatic rings. The van der Waals surface area contributed by atoms with Gasteiger partial charge >= 0.3 is 0 Å². The average Bonchev–Trinajstić information content (AvgIpc) is 3.26. The van der Waals surface area contributed by atoms with Gasteiger partial charge < -0.3 is 19.1 Å². The van der Waals surface area contributed by atoms with Crippen LogP contribution in [0.25, 0.3) is 0 Å². The summed E-state index contributed by atoms with van der Waals surface area (Å²) in [5.41, 5.74) is -0.319. The Balaban J connectivity index is 1.56. The molecule has 0 bridgehead atoms. The van der Waals surface area contributed by atoms with E-state index in [0.717, 1.165) is 19.4 Å². The summed E-state index contributed by atoms with van der Waals surface area (Å²) in [6.45, 7) is 1.24. The van der Waals surface area contributed by atoms with Gasteiger partial charge in [0.2, 0.25) is 11.8 Å². The first-order chi connectivity index (χ1) is 12.5. The third kappa shape index (κ3) is 3.92. The van der Waals surface area contributed by atoms with E-state index in [0.29, 0.717) is 19.0 Å². The number of ether oxygens (including phenoxy) is 1. The number of carbonyl (C=O) groups is 2. The number of carbonyl (C=O) groups excluding carboxylic acids is 2. The molecule has 1 saturated heterocycles. The van der Waals surface area contributed by atoms with Crippen molar-refractivity contribution in [3.63, 3.8) is 0 Å². The van der Waals surface area contributed by atoms with E-state index in [9.17, 15) is 14.4 Å². The van der Waals surface area contributed by atoms with Crippen molar-refractivity contribution in [3.05, 3.63) is 28.7 Å². The van der Waals surface area contributed by atoms with E-state index in [1.54, 1.807) is 30.3 Å². The van der Waals surface area contributed by atoms with Crippen molar-refractivity contribution in [3.8, 4) is 5.75 Å². The lowest BCUT2D eigenvalue weighted by atomic mass is 10.1. The van der Waals surface area contributed by atoms with Crippen molar-refractivity contribution in [2.75, 3.05) is 27.2 Å². The van der Waals surface area contributed by atoms with E-state index in [4.69, 9.17) is 4.74 Å². The summed E-state index contributed by atoms with van der Waals surface area (Å²) in [4.78, 5) is 40.6. The third-order valence-corrected chi connectivity index (χ3v) is 5.47. The molecule has 2 heterocycles. The van der Waals surface area contributed by atoms with Crippen molar-refractivity contribution >= 4 is 11.8 Å². The molecule has 1 aromatic heterocycles. The van der Waals surface area contributed by atoms with Gasteiger partial charge in [-0.15, -0.1) is 0 Å². The van der Waals surface area contributed by atoms with E-state index < -0.39 is 0 Å². The largest absolute Gasteiger partial charge is 0.491 e. The minimum absolute atomic E-state index is 0.0282. The van der Waals surface area contributed by atoms with Crippen LogP contribution in [-0.4, -0.2) is 59.5 Å². The summed E-state index contributed by atoms with van der Waals surface area (Å²) in [6.07, 6.45) is 6.70. The van der Waals surface area contributed by atoms with Crippen LogP contribution in [-0.2, 0) is 16.1 Å². The van der Waals surface area contributed by atoms with Crippen molar-refractivity contribution < 1.29 is 14.3 Å². The Morgan fingerprint density at radius 2 is 2.04 bits per heavy atom. The number of hydrogen-bond donors (Lipinski definition) is 0. The Bertz CT molecular complexity index is 724. The third-order valence-electron chi connectivity index (χ3n) is 5.47. The smallest absolute Gasteiger partial charge is 0.293 e. The Hall–Kier alpha value is -2.31. The second kappa shape index (κ2) is 7.93. The van der Waals surface area contributed by atoms with Crippen LogP contribution < -0.4 is 10.3 Å². The first-order valence-corrected chi connectivity index (χ1v) is 9.26. The number of likely N-dealkylation sites (tertiary alicyclic amines) is 1. The van der Waals surface area contributed by atoms with Gasteiger partial charge in [0, 0.05) is 44.7 Å². The highest BCUT2D eigenvalue weighted by Gasteiger charge is 2.36. The molecule has 26 heavy (non-hydrogen) atoms. The minimum atomic E-state index is -0.319. The zero-order valence-electron chi connectivity index (χ0n) is 15.5. The lowest BCUT2D eigenvalue weighted by Gasteiger charge is -2.25. The van der Waals surface area contributed by atoms with Crippen molar-refractivity contribution in [1.82, 2.24) is 14.4 Å². The quantitative estimate of drug-likeness (QED) is 0.761. The lowest BCUT2D eigenvalue weighted by molar-refractivity contribution is -0.131. The number of aromatic nitrogens is 1. The Labute approximate surface area is 153 Å². The molecule has 0 aromatic carbocycles. The number of pyridine rings is 1. The first-order valence-electron chi connectivity index (χ1n) is 9.26. The van der Waals surface area contributed by atoms with Crippen molar-refractivity contribution in [2.24, 2.45) is 5.92 Å². The second-order valence-corrected chi connectivity index (χ2v) is 7.34. The normalized spacial score (nSPS) is 20.6. The van der Waals surface area contributed by atoms with Crippen LogP contribution in [0.2, 0.25) is 0 Å². The molecule has 7 heteroatoms. The monoisotopic (exact) mass is 361 g/mol. The number of nitrogens with zero attached hydrogens (tertiary/aromatic N) is 3. The van der Waals surface area contributed by atoms with E-state index in [1.807, 2.05) is 4.90 Å². The van der Waals surface area contributed by atoms with Crippen LogP contribution in [0.1, 0.15) is 32.1 Å². The van der Waals surface area contributed by atoms with Crippen LogP contribution in [0.5, 0.6) is 5.75 Å². The summed E-state index contributed by atoms with van der Waals surface area (Å²) in [7, 11) is 3.17. The first kappa shape index (κ1) is 18.5. The summed E-state index contributed by atoms with van der Waals surface area (Å²) < 4.78 is 6.36. The fourth-order valence-corrected chi connectivity index (χ4v) is 4.05. The van der Waals surface area contributed by atoms with E-state index >= 15 is 0 Å². The molecule has 0 N–H and O–H groups in total. The Morgan fingerprint density at radius 1 is 1.31 bits per heavy atom. The molecule has 142 valence electrons. The van der Waals surface area contributed by atoms with Crippen LogP contribution in [0, 0.1) is 5.92 Å². The summed E-state index contributed by atoms with van der Waals surface area (Å²) in [5.74, 6) is 0.453. The van der Waals surface area contributed by atoms with Crippen LogP contribution in [0.3, 0.4) is 0 Å². The molecular weight excluding hydrogens is 334 g/mol. The molecule has 2 amide bonds. The predicted octanol–water partition coefficient (Wildman–Crippen LogP) is 1.11. The average molecular weight is 361 g/mol. The molecule has 7 nitrogen and oxygen atoms in total.